The number of hydrogen-bond donors (Lipinski definition) is 4. The van der Waals surface area contributed by atoms with Gasteiger partial charge in [0.25, 0.3) is 15.9 Å². The fraction of sp³-hybridized carbons (Fsp3) is 0.0455. The molecule has 0 bridgehead atoms. The molecule has 0 radical (unpaired) electrons. The third kappa shape index (κ3) is 4.26. The molecule has 0 aliphatic heterocycles. The Kier molecular flexibility index (Phi) is 5.31. The number of para-hydroxylation sites is 1. The second-order valence-electron chi connectivity index (χ2n) is 7.12. The maximum atomic E-state index is 13.4. The number of benzene rings is 3. The molecule has 3 aromatic carbocycles. The van der Waals surface area contributed by atoms with Crippen molar-refractivity contribution in [3.8, 4) is 5.75 Å². The van der Waals surface area contributed by atoms with Crippen LogP contribution in [0, 0.1) is 18.6 Å². The van der Waals surface area contributed by atoms with Crippen LogP contribution in [-0.2, 0) is 10.0 Å². The molecule has 10 heteroatoms. The van der Waals surface area contributed by atoms with Crippen LogP contribution in [0.25, 0.3) is 10.9 Å². The van der Waals surface area contributed by atoms with Crippen LogP contribution in [0.2, 0.25) is 0 Å². The normalized spacial score (nSPS) is 11.5. The summed E-state index contributed by atoms with van der Waals surface area (Å²) in [5, 5.41) is 13.7. The molecule has 4 rings (SSSR count). The SMILES string of the molecule is Cc1cc(NC(=O)c2cc3ccccc3[nH]2)c(O)cc1S(=O)(=O)Nc1cc(F)cc(F)c1. The minimum Gasteiger partial charge on any atom is -0.506 e. The minimum atomic E-state index is -4.28. The van der Waals surface area contributed by atoms with Crippen LogP contribution in [0.4, 0.5) is 20.2 Å². The van der Waals surface area contributed by atoms with E-state index in [-0.39, 0.29) is 27.5 Å². The van der Waals surface area contributed by atoms with E-state index < -0.39 is 33.3 Å². The number of rotatable bonds is 5. The number of amides is 1. The summed E-state index contributed by atoms with van der Waals surface area (Å²) >= 11 is 0. The monoisotopic (exact) mass is 457 g/mol. The number of hydrogen-bond acceptors (Lipinski definition) is 4. The number of H-pyrrole nitrogens is 1. The average Bonchev–Trinajstić information content (AvgIpc) is 3.13. The van der Waals surface area contributed by atoms with Crippen LogP contribution in [0.3, 0.4) is 0 Å². The fourth-order valence-electron chi connectivity index (χ4n) is 3.28. The number of aromatic hydroxyl groups is 1. The van der Waals surface area contributed by atoms with Gasteiger partial charge in [-0.15, -0.1) is 0 Å². The highest BCUT2D eigenvalue weighted by Crippen LogP contribution is 2.31. The van der Waals surface area contributed by atoms with E-state index in [0.29, 0.717) is 6.07 Å². The van der Waals surface area contributed by atoms with Gasteiger partial charge in [0.1, 0.15) is 23.1 Å². The Morgan fingerprint density at radius 3 is 2.38 bits per heavy atom. The molecule has 0 aliphatic carbocycles. The molecule has 7 nitrogen and oxygen atoms in total. The Labute approximate surface area is 181 Å². The largest absolute Gasteiger partial charge is 0.506 e. The molecule has 1 heterocycles. The lowest BCUT2D eigenvalue weighted by atomic mass is 10.2. The van der Waals surface area contributed by atoms with Crippen LogP contribution in [0.1, 0.15) is 16.1 Å². The first-order chi connectivity index (χ1) is 15.1. The van der Waals surface area contributed by atoms with Crippen LogP contribution in [0.5, 0.6) is 5.75 Å². The standard InChI is InChI=1S/C22H17F2N3O4S/c1-12-6-18(26-22(29)19-7-13-4-2-3-5-17(13)25-19)20(28)11-21(12)32(30,31)27-16-9-14(23)8-15(24)10-16/h2-11,25,27-28H,1H3,(H,26,29). The molecule has 4 N–H and O–H groups in total. The van der Waals surface area contributed by atoms with Crippen LogP contribution >= 0.6 is 0 Å². The van der Waals surface area contributed by atoms with Crippen molar-refractivity contribution in [2.75, 3.05) is 10.0 Å². The van der Waals surface area contributed by atoms with E-state index in [2.05, 4.69) is 15.0 Å². The molecule has 0 saturated heterocycles. The highest BCUT2D eigenvalue weighted by atomic mass is 32.2. The van der Waals surface area contributed by atoms with Crippen LogP contribution < -0.4 is 10.0 Å². The number of aryl methyl sites for hydroxylation is 1. The minimum absolute atomic E-state index is 0.00176. The van der Waals surface area contributed by atoms with Gasteiger partial charge in [0.05, 0.1) is 16.3 Å². The molecule has 0 saturated carbocycles. The predicted octanol–water partition coefficient (Wildman–Crippen LogP) is 4.51. The molecule has 0 fully saturated rings. The summed E-state index contributed by atoms with van der Waals surface area (Å²) in [4.78, 5) is 15.2. The summed E-state index contributed by atoms with van der Waals surface area (Å²) in [6, 6.07) is 13.4. The van der Waals surface area contributed by atoms with E-state index in [1.807, 2.05) is 24.3 Å². The zero-order valence-electron chi connectivity index (χ0n) is 16.6. The summed E-state index contributed by atoms with van der Waals surface area (Å²) in [7, 11) is -4.28. The first-order valence-electron chi connectivity index (χ1n) is 9.34. The van der Waals surface area contributed by atoms with Crippen molar-refractivity contribution in [3.63, 3.8) is 0 Å². The molecule has 0 spiro atoms. The highest BCUT2D eigenvalue weighted by Gasteiger charge is 2.21. The molecule has 0 aliphatic rings. The van der Waals surface area contributed by atoms with Gasteiger partial charge in [0, 0.05) is 23.0 Å². The van der Waals surface area contributed by atoms with Crippen LogP contribution in [0.15, 0.2) is 65.6 Å². The third-order valence-electron chi connectivity index (χ3n) is 4.72. The molecule has 32 heavy (non-hydrogen) atoms. The summed E-state index contributed by atoms with van der Waals surface area (Å²) in [5.74, 6) is -2.92. The van der Waals surface area contributed by atoms with Crippen molar-refractivity contribution in [1.82, 2.24) is 4.98 Å². The summed E-state index contributed by atoms with van der Waals surface area (Å²) in [6.07, 6.45) is 0. The van der Waals surface area contributed by atoms with Crippen LogP contribution in [-0.4, -0.2) is 24.4 Å². The number of fused-ring (bicyclic) bond motifs is 1. The van der Waals surface area contributed by atoms with Gasteiger partial charge in [0.15, 0.2) is 0 Å². The lowest BCUT2D eigenvalue weighted by molar-refractivity contribution is 0.102. The fourth-order valence-corrected chi connectivity index (χ4v) is 4.56. The first kappa shape index (κ1) is 21.3. The lowest BCUT2D eigenvalue weighted by Crippen LogP contribution is -2.16. The Bertz CT molecular complexity index is 1410. The van der Waals surface area contributed by atoms with E-state index in [4.69, 9.17) is 0 Å². The zero-order valence-corrected chi connectivity index (χ0v) is 17.4. The van der Waals surface area contributed by atoms with Crippen molar-refractivity contribution < 1.29 is 27.1 Å². The maximum Gasteiger partial charge on any atom is 0.272 e. The van der Waals surface area contributed by atoms with Gasteiger partial charge in [-0.25, -0.2) is 17.2 Å². The number of aromatic nitrogens is 1. The Morgan fingerprint density at radius 1 is 1.00 bits per heavy atom. The van der Waals surface area contributed by atoms with Gasteiger partial charge in [-0.05, 0) is 42.8 Å². The smallest absolute Gasteiger partial charge is 0.272 e. The second kappa shape index (κ2) is 7.97. The molecule has 1 amide bonds. The first-order valence-corrected chi connectivity index (χ1v) is 10.8. The highest BCUT2D eigenvalue weighted by molar-refractivity contribution is 7.92. The number of aromatic amines is 1. The van der Waals surface area contributed by atoms with E-state index in [1.54, 1.807) is 6.07 Å². The van der Waals surface area contributed by atoms with Crippen molar-refractivity contribution in [2.45, 2.75) is 11.8 Å². The maximum absolute atomic E-state index is 13.4. The number of nitrogens with one attached hydrogen (secondary N) is 3. The van der Waals surface area contributed by atoms with Crippen molar-refractivity contribution >= 4 is 38.2 Å². The Morgan fingerprint density at radius 2 is 1.69 bits per heavy atom. The van der Waals surface area contributed by atoms with Crippen molar-refractivity contribution in [2.24, 2.45) is 0 Å². The van der Waals surface area contributed by atoms with E-state index in [0.717, 1.165) is 29.1 Å². The van der Waals surface area contributed by atoms with Gasteiger partial charge in [-0.3, -0.25) is 9.52 Å². The van der Waals surface area contributed by atoms with Gasteiger partial charge in [-0.2, -0.15) is 0 Å². The molecule has 0 atom stereocenters. The number of phenolic OH excluding ortho intramolecular Hbond substituents is 1. The van der Waals surface area contributed by atoms with Gasteiger partial charge in [0.2, 0.25) is 0 Å². The van der Waals surface area contributed by atoms with Crippen molar-refractivity contribution in [3.05, 3.63) is 83.6 Å². The Hall–Kier alpha value is -3.92. The summed E-state index contributed by atoms with van der Waals surface area (Å²) in [6.45, 7) is 1.46. The number of sulfonamides is 1. The molecule has 1 aromatic heterocycles. The summed E-state index contributed by atoms with van der Waals surface area (Å²) < 4.78 is 54.2. The van der Waals surface area contributed by atoms with E-state index in [1.165, 1.54) is 13.0 Å². The third-order valence-corrected chi connectivity index (χ3v) is 6.24. The quantitative estimate of drug-likeness (QED) is 0.330. The van der Waals surface area contributed by atoms with Crippen molar-refractivity contribution in [1.29, 1.82) is 0 Å². The number of carbonyl (C=O) groups excluding carboxylic acids is 1. The second-order valence-corrected chi connectivity index (χ2v) is 8.77. The summed E-state index contributed by atoms with van der Waals surface area (Å²) in [5.41, 5.74) is 0.910. The molecular formula is C22H17F2N3O4S. The molecule has 0 unspecified atom stereocenters. The van der Waals surface area contributed by atoms with E-state index in [9.17, 15) is 27.1 Å². The topological polar surface area (TPSA) is 111 Å². The predicted molar refractivity (Wildman–Crippen MR) is 116 cm³/mol. The molecule has 4 aromatic rings. The van der Waals surface area contributed by atoms with E-state index >= 15 is 0 Å². The number of phenols is 1. The zero-order chi connectivity index (χ0) is 23.0. The molecular weight excluding hydrogens is 440 g/mol. The lowest BCUT2D eigenvalue weighted by Gasteiger charge is -2.14. The van der Waals surface area contributed by atoms with Gasteiger partial charge in [-0.1, -0.05) is 18.2 Å². The van der Waals surface area contributed by atoms with Gasteiger partial charge < -0.3 is 15.4 Å². The number of halogens is 2. The molecule has 164 valence electrons. The average molecular weight is 457 g/mol. The van der Waals surface area contributed by atoms with Gasteiger partial charge >= 0.3 is 0 Å². The Balaban J connectivity index is 1.60. The number of carbonyl (C=O) groups is 1. The number of anilines is 2.